The molecule has 174 valence electrons. The van der Waals surface area contributed by atoms with E-state index in [-0.39, 0.29) is 11.5 Å². The van der Waals surface area contributed by atoms with Crippen molar-refractivity contribution < 1.29 is 23.0 Å². The van der Waals surface area contributed by atoms with Crippen LogP contribution in [0.25, 0.3) is 0 Å². The summed E-state index contributed by atoms with van der Waals surface area (Å²) < 4.78 is 40.0. The summed E-state index contributed by atoms with van der Waals surface area (Å²) in [5.41, 5.74) is 3.54. The van der Waals surface area contributed by atoms with Gasteiger partial charge in [0.2, 0.25) is 0 Å². The van der Waals surface area contributed by atoms with Gasteiger partial charge in [0, 0.05) is 25.3 Å². The molecule has 0 amide bonds. The highest BCUT2D eigenvalue weighted by atomic mass is 32.2. The molecule has 4 rings (SSSR count). The van der Waals surface area contributed by atoms with Crippen LogP contribution in [0, 0.1) is 5.92 Å². The highest BCUT2D eigenvalue weighted by Gasteiger charge is 2.32. The van der Waals surface area contributed by atoms with Crippen molar-refractivity contribution in [3.63, 3.8) is 0 Å². The number of aliphatic hydroxyl groups is 1. The number of ether oxygens (including phenoxy) is 2. The van der Waals surface area contributed by atoms with Crippen molar-refractivity contribution in [2.75, 3.05) is 30.7 Å². The van der Waals surface area contributed by atoms with Crippen LogP contribution in [0.2, 0.25) is 0 Å². The zero-order valence-electron chi connectivity index (χ0n) is 18.9. The molecule has 0 aromatic heterocycles. The van der Waals surface area contributed by atoms with Gasteiger partial charge < -0.3 is 14.6 Å². The van der Waals surface area contributed by atoms with Crippen LogP contribution in [-0.4, -0.2) is 39.9 Å². The minimum Gasteiger partial charge on any atom is -0.493 e. The van der Waals surface area contributed by atoms with E-state index in [1.807, 2.05) is 12.1 Å². The highest BCUT2D eigenvalue weighted by Crippen LogP contribution is 2.39. The Bertz CT molecular complexity index is 1050. The van der Waals surface area contributed by atoms with Gasteiger partial charge in [-0.05, 0) is 72.9 Å². The molecule has 2 aliphatic rings. The first kappa shape index (κ1) is 23.1. The average molecular weight is 460 g/mol. The molecule has 2 heterocycles. The summed E-state index contributed by atoms with van der Waals surface area (Å²) in [6.45, 7) is 6.45. The normalized spacial score (nSPS) is 19.6. The quantitative estimate of drug-likeness (QED) is 0.670. The van der Waals surface area contributed by atoms with Gasteiger partial charge in [-0.15, -0.1) is 0 Å². The standard InChI is InChI=1S/C25H33NO5S/c1-3-19-4-6-24-23(14-19)18(2)8-11-26(24)32(28,29)22-5-7-25(21(15-22)16-27)31-17-20-9-12-30-13-10-20/h4-7,14-15,18,20,27H,3,8-13,16-17H2,1-2H3. The Kier molecular flexibility index (Phi) is 7.08. The van der Waals surface area contributed by atoms with E-state index in [4.69, 9.17) is 9.47 Å². The zero-order valence-corrected chi connectivity index (χ0v) is 19.7. The monoisotopic (exact) mass is 459 g/mol. The molecular formula is C25H33NO5S. The van der Waals surface area contributed by atoms with Gasteiger partial charge >= 0.3 is 0 Å². The van der Waals surface area contributed by atoms with E-state index >= 15 is 0 Å². The second-order valence-corrected chi connectivity index (χ2v) is 10.7. The lowest BCUT2D eigenvalue weighted by molar-refractivity contribution is 0.0494. The van der Waals surface area contributed by atoms with Gasteiger partial charge in [0.15, 0.2) is 0 Å². The van der Waals surface area contributed by atoms with Crippen molar-refractivity contribution in [2.45, 2.75) is 57.0 Å². The van der Waals surface area contributed by atoms with E-state index in [0.29, 0.717) is 36.3 Å². The third kappa shape index (κ3) is 4.65. The Morgan fingerprint density at radius 1 is 1.12 bits per heavy atom. The summed E-state index contributed by atoms with van der Waals surface area (Å²) in [5.74, 6) is 1.27. The van der Waals surface area contributed by atoms with E-state index in [0.717, 1.165) is 50.1 Å². The average Bonchev–Trinajstić information content (AvgIpc) is 2.83. The fourth-order valence-corrected chi connectivity index (χ4v) is 6.07. The molecule has 0 aliphatic carbocycles. The molecule has 7 heteroatoms. The maximum atomic E-state index is 13.6. The van der Waals surface area contributed by atoms with E-state index in [2.05, 4.69) is 19.9 Å². The van der Waals surface area contributed by atoms with Crippen LogP contribution < -0.4 is 9.04 Å². The Labute approximate surface area is 191 Å². The first-order chi connectivity index (χ1) is 15.4. The molecule has 2 aromatic carbocycles. The molecule has 32 heavy (non-hydrogen) atoms. The summed E-state index contributed by atoms with van der Waals surface area (Å²) in [4.78, 5) is 0.181. The Morgan fingerprint density at radius 2 is 1.91 bits per heavy atom. The molecule has 1 fully saturated rings. The van der Waals surface area contributed by atoms with Gasteiger partial charge in [-0.1, -0.05) is 26.0 Å². The summed E-state index contributed by atoms with van der Waals surface area (Å²) in [7, 11) is -3.75. The lowest BCUT2D eigenvalue weighted by Gasteiger charge is -2.34. The largest absolute Gasteiger partial charge is 0.493 e. The number of sulfonamides is 1. The highest BCUT2D eigenvalue weighted by molar-refractivity contribution is 7.92. The van der Waals surface area contributed by atoms with Gasteiger partial charge in [-0.25, -0.2) is 8.42 Å². The second-order valence-electron chi connectivity index (χ2n) is 8.81. The third-order valence-electron chi connectivity index (χ3n) is 6.67. The second kappa shape index (κ2) is 9.81. The first-order valence-electron chi connectivity index (χ1n) is 11.5. The summed E-state index contributed by atoms with van der Waals surface area (Å²) in [6.07, 6.45) is 3.60. The van der Waals surface area contributed by atoms with E-state index in [1.54, 1.807) is 18.2 Å². The van der Waals surface area contributed by atoms with E-state index in [9.17, 15) is 13.5 Å². The van der Waals surface area contributed by atoms with Gasteiger partial charge in [-0.3, -0.25) is 4.31 Å². The number of fused-ring (bicyclic) bond motifs is 1. The minimum atomic E-state index is -3.75. The fraction of sp³-hybridized carbons (Fsp3) is 0.520. The molecule has 1 saturated heterocycles. The topological polar surface area (TPSA) is 76.1 Å². The van der Waals surface area contributed by atoms with Gasteiger partial charge in [0.05, 0.1) is 23.8 Å². The number of rotatable bonds is 7. The Balaban J connectivity index is 1.59. The number of benzene rings is 2. The zero-order chi connectivity index (χ0) is 22.7. The van der Waals surface area contributed by atoms with Crippen molar-refractivity contribution >= 4 is 15.7 Å². The fourth-order valence-electron chi connectivity index (χ4n) is 4.51. The number of aliphatic hydroxyl groups excluding tert-OH is 1. The molecule has 1 unspecified atom stereocenters. The molecule has 0 spiro atoms. The molecule has 2 aliphatic heterocycles. The molecule has 0 bridgehead atoms. The van der Waals surface area contributed by atoms with Gasteiger partial charge in [0.1, 0.15) is 5.75 Å². The summed E-state index contributed by atoms with van der Waals surface area (Å²) in [6, 6.07) is 10.9. The number of aryl methyl sites for hydroxylation is 1. The predicted molar refractivity (Wildman–Crippen MR) is 125 cm³/mol. The van der Waals surface area contributed by atoms with Crippen molar-refractivity contribution in [1.82, 2.24) is 0 Å². The van der Waals surface area contributed by atoms with Crippen LogP contribution in [0.4, 0.5) is 5.69 Å². The molecular weight excluding hydrogens is 426 g/mol. The summed E-state index contributed by atoms with van der Waals surface area (Å²) >= 11 is 0. The van der Waals surface area contributed by atoms with Crippen LogP contribution in [0.1, 0.15) is 55.7 Å². The Hall–Kier alpha value is -2.09. The van der Waals surface area contributed by atoms with Gasteiger partial charge in [0.25, 0.3) is 10.0 Å². The molecule has 1 N–H and O–H groups in total. The van der Waals surface area contributed by atoms with Crippen LogP contribution in [0.15, 0.2) is 41.3 Å². The van der Waals surface area contributed by atoms with Crippen LogP contribution in [0.5, 0.6) is 5.75 Å². The molecule has 1 atom stereocenters. The summed E-state index contributed by atoms with van der Waals surface area (Å²) in [5, 5.41) is 9.90. The van der Waals surface area contributed by atoms with E-state index in [1.165, 1.54) is 9.87 Å². The van der Waals surface area contributed by atoms with Gasteiger partial charge in [-0.2, -0.15) is 0 Å². The Morgan fingerprint density at radius 3 is 2.62 bits per heavy atom. The van der Waals surface area contributed by atoms with E-state index < -0.39 is 10.0 Å². The third-order valence-corrected chi connectivity index (χ3v) is 8.48. The number of nitrogens with zero attached hydrogens (tertiary/aromatic N) is 1. The number of hydrogen-bond acceptors (Lipinski definition) is 5. The first-order valence-corrected chi connectivity index (χ1v) is 13.0. The minimum absolute atomic E-state index is 0.181. The number of anilines is 1. The van der Waals surface area contributed by atoms with Crippen LogP contribution in [0.3, 0.4) is 0 Å². The SMILES string of the molecule is CCc1ccc2c(c1)C(C)CCN2S(=O)(=O)c1ccc(OCC2CCOCC2)c(CO)c1. The van der Waals surface area contributed by atoms with Crippen LogP contribution in [-0.2, 0) is 27.8 Å². The molecule has 6 nitrogen and oxygen atoms in total. The lowest BCUT2D eigenvalue weighted by Crippen LogP contribution is -2.36. The smallest absolute Gasteiger partial charge is 0.264 e. The maximum Gasteiger partial charge on any atom is 0.264 e. The van der Waals surface area contributed by atoms with Crippen molar-refractivity contribution in [1.29, 1.82) is 0 Å². The molecule has 0 saturated carbocycles. The van der Waals surface area contributed by atoms with Crippen LogP contribution >= 0.6 is 0 Å². The lowest BCUT2D eigenvalue weighted by atomic mass is 9.91. The van der Waals surface area contributed by atoms with Crippen molar-refractivity contribution in [3.8, 4) is 5.75 Å². The number of hydrogen-bond donors (Lipinski definition) is 1. The predicted octanol–water partition coefficient (Wildman–Crippen LogP) is 4.25. The maximum absolute atomic E-state index is 13.6. The molecule has 2 aromatic rings. The van der Waals surface area contributed by atoms with Crippen molar-refractivity contribution in [3.05, 3.63) is 53.1 Å². The van der Waals surface area contributed by atoms with Crippen molar-refractivity contribution in [2.24, 2.45) is 5.92 Å². The molecule has 0 radical (unpaired) electrons.